The van der Waals surface area contributed by atoms with Crippen LogP contribution in [0.3, 0.4) is 0 Å². The number of nitrogens with zero attached hydrogens (tertiary/aromatic N) is 8. The van der Waals surface area contributed by atoms with Crippen LogP contribution in [0.25, 0.3) is 21.5 Å². The van der Waals surface area contributed by atoms with Crippen LogP contribution in [0, 0.1) is 27.0 Å². The van der Waals surface area contributed by atoms with Gasteiger partial charge in [-0.25, -0.2) is 0 Å². The van der Waals surface area contributed by atoms with Gasteiger partial charge < -0.3 is 71.8 Å². The Morgan fingerprint density at radius 1 is 0.417 bits per heavy atom. The maximum Gasteiger partial charge on any atom is 0.0671 e. The van der Waals surface area contributed by atoms with Crippen LogP contribution in [-0.4, -0.2) is 60.8 Å². The molecule has 0 aromatic heterocycles. The van der Waals surface area contributed by atoms with Gasteiger partial charge in [0.25, 0.3) is 0 Å². The van der Waals surface area contributed by atoms with Gasteiger partial charge >= 0.3 is 0 Å². The number of aliphatic imine (C=N–C) groups is 8. The van der Waals surface area contributed by atoms with Gasteiger partial charge in [-0.3, -0.25) is 20.0 Å². The van der Waals surface area contributed by atoms with Crippen LogP contribution >= 0.6 is 0 Å². The summed E-state index contributed by atoms with van der Waals surface area (Å²) >= 11 is 0. The Bertz CT molecular complexity index is 2640. The molecule has 0 aliphatic carbocycles. The van der Waals surface area contributed by atoms with Crippen LogP contribution in [0.5, 0.6) is 0 Å². The van der Waals surface area contributed by atoms with E-state index in [1.54, 1.807) is 13.8 Å². The summed E-state index contributed by atoms with van der Waals surface area (Å²) in [4.78, 5) is 32.0. The quantitative estimate of drug-likeness (QED) is 0.117. The normalized spacial score (nSPS) is 11.1. The first-order valence-electron chi connectivity index (χ1n) is 27.6. The molecule has 0 saturated heterocycles. The second kappa shape index (κ2) is 66.1. The molecule has 0 bridgehead atoms. The van der Waals surface area contributed by atoms with E-state index in [0.717, 1.165) is 61.3 Å². The number of benzene rings is 6. The SMILES string of the molecule is C.C.CC.CC.CC.CC.CC1=Nc2cc3ccccc3cc2C1.CC1=Nc2cc3ccccc3cc2C1.CC1=Nc2ccccc2C1.CC1=Nc2ccccc2C1.[CH-]=CN=[C-]C.[CH-]=CN=[C-]C.[CH2-]CN=[C-]CC.[CH2-]CN=[C-]CC.[Y].[Y].[Y].[Y]. The predicted molar refractivity (Wildman–Crippen MR) is 365 cm³/mol. The molecule has 10 rings (SSSR count). The molecule has 0 unspecified atom stereocenters. The number of hydrogen-bond donors (Lipinski definition) is 0. The minimum atomic E-state index is 0. The van der Waals surface area contributed by atoms with Gasteiger partial charge in [-0.1, -0.05) is 169 Å². The molecule has 84 heavy (non-hydrogen) atoms. The Morgan fingerprint density at radius 3 is 0.893 bits per heavy atom. The van der Waals surface area contributed by atoms with Crippen molar-refractivity contribution in [3.05, 3.63) is 183 Å². The standard InChI is InChI=1S/2C13H11N.2C9H9N.2C5H9N.2C4H5N.4C2H6.2CH4.4Y/c2*1-9-6-12-7-10-4-2-3-5-11(10)8-13(12)14-9;2*1-7-6-8-4-2-3-5-9(8)10-7;2*1-3-5-6-4-2;2*1-3-5-4-2;4*1-2;;;;;;/h2*2-5,7-8H,6H2,1H3;2*2-5H,6H2,1H3;2*2-4H2,1H3;2*1,3H,2H3;4*1-2H3;2*1H4;;;;/q;;;;4*-2;;;;;;;;;;. The van der Waals surface area contributed by atoms with Crippen LogP contribution in [0.2, 0.25) is 0 Å². The molecule has 6 aromatic carbocycles. The van der Waals surface area contributed by atoms with Crippen molar-refractivity contribution in [3.63, 3.8) is 0 Å². The second-order valence-corrected chi connectivity index (χ2v) is 15.8. The summed E-state index contributed by atoms with van der Waals surface area (Å²) in [6.07, 6.45) is 18.7. The van der Waals surface area contributed by atoms with Gasteiger partial charge in [-0.05, 0) is 108 Å². The maximum atomic E-state index is 4.78. The van der Waals surface area contributed by atoms with E-state index in [0.29, 0.717) is 13.1 Å². The molecule has 0 fully saturated rings. The Morgan fingerprint density at radius 2 is 0.667 bits per heavy atom. The summed E-state index contributed by atoms with van der Waals surface area (Å²) in [5.74, 6) is 0. The zero-order valence-electron chi connectivity index (χ0n) is 52.8. The number of hydrogen-bond acceptors (Lipinski definition) is 8. The number of fused-ring (bicyclic) bond motifs is 6. The summed E-state index contributed by atoms with van der Waals surface area (Å²) in [5.41, 5.74) is 14.9. The summed E-state index contributed by atoms with van der Waals surface area (Å²) in [6.45, 7) is 49.5. The van der Waals surface area contributed by atoms with E-state index in [4.69, 9.17) is 13.2 Å². The predicted octanol–water partition coefficient (Wildman–Crippen LogP) is 21.2. The fourth-order valence-electron chi connectivity index (χ4n) is 7.19. The summed E-state index contributed by atoms with van der Waals surface area (Å²) in [5, 5.41) is 5.20. The van der Waals surface area contributed by atoms with E-state index < -0.39 is 0 Å². The Hall–Kier alpha value is -2.90. The van der Waals surface area contributed by atoms with Gasteiger partial charge in [0.1, 0.15) is 0 Å². The summed E-state index contributed by atoms with van der Waals surface area (Å²) < 4.78 is 0. The molecule has 0 spiro atoms. The van der Waals surface area contributed by atoms with E-state index in [1.807, 2.05) is 81.4 Å². The molecule has 4 radical (unpaired) electrons. The summed E-state index contributed by atoms with van der Waals surface area (Å²) in [6, 6.07) is 42.3. The van der Waals surface area contributed by atoms with Crippen molar-refractivity contribution < 1.29 is 131 Å². The first kappa shape index (κ1) is 97.4. The van der Waals surface area contributed by atoms with Crippen molar-refractivity contribution in [1.82, 2.24) is 0 Å². The van der Waals surface area contributed by atoms with Crippen LogP contribution in [0.1, 0.15) is 161 Å². The smallest absolute Gasteiger partial charge is 0.0671 e. The molecule has 0 saturated carbocycles. The van der Waals surface area contributed by atoms with Gasteiger partial charge in [0.15, 0.2) is 0 Å². The minimum absolute atomic E-state index is 0. The molecule has 8 nitrogen and oxygen atoms in total. The second-order valence-electron chi connectivity index (χ2n) is 15.8. The van der Waals surface area contributed by atoms with Gasteiger partial charge in [0.05, 0.1) is 22.7 Å². The fourth-order valence-corrected chi connectivity index (χ4v) is 7.19. The first-order valence-corrected chi connectivity index (χ1v) is 27.6. The molecule has 4 aliphatic rings. The van der Waals surface area contributed by atoms with Crippen LogP contribution < -0.4 is 0 Å². The third-order valence-electron chi connectivity index (χ3n) is 10.1. The Balaban J connectivity index is -0.000000131. The van der Waals surface area contributed by atoms with Crippen molar-refractivity contribution in [2.24, 2.45) is 39.9 Å². The first-order chi connectivity index (χ1) is 38.0. The molecule has 4 aliphatic heterocycles. The third kappa shape index (κ3) is 42.1. The zero-order valence-corrected chi connectivity index (χ0v) is 64.2. The van der Waals surface area contributed by atoms with Gasteiger partial charge in [0, 0.05) is 179 Å². The molecule has 12 heteroatoms. The van der Waals surface area contributed by atoms with Gasteiger partial charge in [0.2, 0.25) is 0 Å². The number of rotatable bonds is 6. The largest absolute Gasteiger partial charge is 0.601 e. The molecule has 0 amide bonds. The molecular weight excluding hydrogens is 1330 g/mol. The van der Waals surface area contributed by atoms with Crippen LogP contribution in [-0.2, 0) is 157 Å². The van der Waals surface area contributed by atoms with Crippen LogP contribution in [0.15, 0.2) is 174 Å². The molecule has 6 aromatic rings. The van der Waals surface area contributed by atoms with E-state index in [2.05, 4.69) is 216 Å². The van der Waals surface area contributed by atoms with Crippen molar-refractivity contribution in [2.75, 3.05) is 13.1 Å². The molecule has 4 heterocycles. The zero-order chi connectivity index (χ0) is 58.9. The van der Waals surface area contributed by atoms with Gasteiger partial charge in [-0.2, -0.15) is 25.3 Å². The average Bonchev–Trinajstić information content (AvgIpc) is 4.26. The summed E-state index contributed by atoms with van der Waals surface area (Å²) in [7, 11) is 0. The van der Waals surface area contributed by atoms with E-state index >= 15 is 0 Å². The molecule has 0 N–H and O–H groups in total. The third-order valence-corrected chi connectivity index (χ3v) is 10.1. The molecule has 0 atom stereocenters. The maximum absolute atomic E-state index is 4.78. The topological polar surface area (TPSA) is 98.9 Å². The fraction of sp³-hybridized carbons (Fsp3) is 0.361. The van der Waals surface area contributed by atoms with Crippen LogP contribution in [0.4, 0.5) is 22.7 Å². The monoisotopic (exact) mass is 1430 g/mol. The van der Waals surface area contributed by atoms with E-state index in [-0.39, 0.29) is 146 Å². The Kier molecular flexibility index (Phi) is 76.6. The van der Waals surface area contributed by atoms with Crippen molar-refractivity contribution in [3.8, 4) is 0 Å². The Labute approximate surface area is 615 Å². The van der Waals surface area contributed by atoms with Crippen molar-refractivity contribution >= 4 is 92.0 Å². The van der Waals surface area contributed by atoms with E-state index in [1.165, 1.54) is 79.0 Å². The van der Waals surface area contributed by atoms with E-state index in [9.17, 15) is 0 Å². The number of para-hydroxylation sites is 2. The van der Waals surface area contributed by atoms with Crippen molar-refractivity contribution in [2.45, 2.75) is 164 Å². The average molecular weight is 1430 g/mol. The van der Waals surface area contributed by atoms with Crippen molar-refractivity contribution in [1.29, 1.82) is 0 Å². The van der Waals surface area contributed by atoms with Gasteiger partial charge in [-0.15, -0.1) is 26.9 Å². The molecular formula is C72H100N8Y4-8. The molecule has 448 valence electrons. The minimum Gasteiger partial charge on any atom is -0.601 e.